The number of nitrogens with zero attached hydrogens (tertiary/aromatic N) is 1. The standard InChI is InChI=1S/C19H22N2O3/c1-4-21(15-10-6-5-7-11-15)19(23)18(22)20-16-12-8-9-13-17(16)24-14(2)3/h5-14H,4H2,1-3H3,(H,20,22). The van der Waals surface area contributed by atoms with Gasteiger partial charge in [0.15, 0.2) is 0 Å². The summed E-state index contributed by atoms with van der Waals surface area (Å²) in [5.74, 6) is -0.764. The molecular formula is C19H22N2O3. The van der Waals surface area contributed by atoms with Crippen LogP contribution in [0.2, 0.25) is 0 Å². The molecule has 0 aliphatic heterocycles. The number of benzene rings is 2. The SMILES string of the molecule is CCN(C(=O)C(=O)Nc1ccccc1OC(C)C)c1ccccc1. The summed E-state index contributed by atoms with van der Waals surface area (Å²) in [6.07, 6.45) is -0.0322. The summed E-state index contributed by atoms with van der Waals surface area (Å²) in [6, 6.07) is 16.2. The Bertz CT molecular complexity index is 699. The number of anilines is 2. The Labute approximate surface area is 142 Å². The lowest BCUT2D eigenvalue weighted by Crippen LogP contribution is -2.39. The average molecular weight is 326 g/mol. The summed E-state index contributed by atoms with van der Waals surface area (Å²) in [5.41, 5.74) is 1.17. The van der Waals surface area contributed by atoms with E-state index < -0.39 is 11.8 Å². The third-order valence-electron chi connectivity index (χ3n) is 3.32. The molecule has 2 amide bonds. The van der Waals surface area contributed by atoms with Gasteiger partial charge in [-0.05, 0) is 45.0 Å². The third kappa shape index (κ3) is 4.35. The predicted octanol–water partition coefficient (Wildman–Crippen LogP) is 3.47. The van der Waals surface area contributed by atoms with Crippen LogP contribution < -0.4 is 15.0 Å². The summed E-state index contributed by atoms with van der Waals surface area (Å²) >= 11 is 0. The Morgan fingerprint density at radius 2 is 1.67 bits per heavy atom. The number of hydrogen-bond acceptors (Lipinski definition) is 3. The third-order valence-corrected chi connectivity index (χ3v) is 3.32. The number of nitrogens with one attached hydrogen (secondary N) is 1. The Hall–Kier alpha value is -2.82. The molecule has 1 N–H and O–H groups in total. The smallest absolute Gasteiger partial charge is 0.316 e. The number of amides is 2. The summed E-state index contributed by atoms with van der Waals surface area (Å²) in [6.45, 7) is 6.03. The van der Waals surface area contributed by atoms with Crippen molar-refractivity contribution in [1.82, 2.24) is 0 Å². The predicted molar refractivity (Wildman–Crippen MR) is 95.3 cm³/mol. The second-order valence-corrected chi connectivity index (χ2v) is 5.50. The lowest BCUT2D eigenvalue weighted by molar-refractivity contribution is -0.134. The molecule has 0 spiro atoms. The van der Waals surface area contributed by atoms with Crippen LogP contribution in [0.1, 0.15) is 20.8 Å². The highest BCUT2D eigenvalue weighted by Gasteiger charge is 2.23. The lowest BCUT2D eigenvalue weighted by Gasteiger charge is -2.21. The zero-order valence-electron chi connectivity index (χ0n) is 14.2. The number of ether oxygens (including phenoxy) is 1. The average Bonchev–Trinajstić information content (AvgIpc) is 2.57. The quantitative estimate of drug-likeness (QED) is 0.856. The van der Waals surface area contributed by atoms with Gasteiger partial charge in [-0.2, -0.15) is 0 Å². The highest BCUT2D eigenvalue weighted by atomic mass is 16.5. The van der Waals surface area contributed by atoms with E-state index in [1.807, 2.05) is 45.0 Å². The fourth-order valence-electron chi connectivity index (χ4n) is 2.28. The summed E-state index contributed by atoms with van der Waals surface area (Å²) in [7, 11) is 0. The topological polar surface area (TPSA) is 58.6 Å². The minimum absolute atomic E-state index is 0.0322. The monoisotopic (exact) mass is 326 g/mol. The molecule has 5 heteroatoms. The van der Waals surface area contributed by atoms with E-state index >= 15 is 0 Å². The summed E-state index contributed by atoms with van der Waals surface area (Å²) < 4.78 is 5.66. The maximum Gasteiger partial charge on any atom is 0.316 e. The minimum Gasteiger partial charge on any atom is -0.489 e. The van der Waals surface area contributed by atoms with Gasteiger partial charge in [0.1, 0.15) is 5.75 Å². The zero-order chi connectivity index (χ0) is 17.5. The normalized spacial score (nSPS) is 10.3. The molecule has 0 fully saturated rings. The van der Waals surface area contributed by atoms with Crippen LogP contribution >= 0.6 is 0 Å². The van der Waals surface area contributed by atoms with Gasteiger partial charge >= 0.3 is 11.8 Å². The van der Waals surface area contributed by atoms with E-state index in [9.17, 15) is 9.59 Å². The molecule has 0 aliphatic rings. The van der Waals surface area contributed by atoms with E-state index in [1.54, 1.807) is 30.3 Å². The minimum atomic E-state index is -0.694. The number of likely N-dealkylation sites (N-methyl/N-ethyl adjacent to an activating group) is 1. The number of hydrogen-bond donors (Lipinski definition) is 1. The van der Waals surface area contributed by atoms with E-state index in [2.05, 4.69) is 5.32 Å². The molecule has 0 aliphatic carbocycles. The van der Waals surface area contributed by atoms with Gasteiger partial charge in [-0.1, -0.05) is 30.3 Å². The Kier molecular flexibility index (Phi) is 5.95. The first-order chi connectivity index (χ1) is 11.5. The molecule has 0 bridgehead atoms. The first-order valence-electron chi connectivity index (χ1n) is 7.96. The number of para-hydroxylation sites is 3. The van der Waals surface area contributed by atoms with Gasteiger partial charge in [0.2, 0.25) is 0 Å². The van der Waals surface area contributed by atoms with Crippen LogP contribution in [0.4, 0.5) is 11.4 Å². The van der Waals surface area contributed by atoms with Gasteiger partial charge in [0, 0.05) is 12.2 Å². The number of rotatable bonds is 5. The maximum atomic E-state index is 12.5. The largest absolute Gasteiger partial charge is 0.489 e. The molecule has 0 atom stereocenters. The van der Waals surface area contributed by atoms with Crippen molar-refractivity contribution in [2.75, 3.05) is 16.8 Å². The Morgan fingerprint density at radius 3 is 2.29 bits per heavy atom. The molecule has 126 valence electrons. The van der Waals surface area contributed by atoms with Crippen molar-refractivity contribution in [3.63, 3.8) is 0 Å². The van der Waals surface area contributed by atoms with Gasteiger partial charge in [0.25, 0.3) is 0 Å². The molecule has 0 radical (unpaired) electrons. The van der Waals surface area contributed by atoms with Crippen LogP contribution in [0.25, 0.3) is 0 Å². The van der Waals surface area contributed by atoms with Crippen LogP contribution in [0.3, 0.4) is 0 Å². The van der Waals surface area contributed by atoms with Gasteiger partial charge < -0.3 is 15.0 Å². The molecule has 0 heterocycles. The van der Waals surface area contributed by atoms with Crippen LogP contribution in [0.15, 0.2) is 54.6 Å². The molecule has 2 aromatic carbocycles. The molecule has 0 saturated heterocycles. The van der Waals surface area contributed by atoms with Gasteiger partial charge in [-0.25, -0.2) is 0 Å². The van der Waals surface area contributed by atoms with Crippen molar-refractivity contribution < 1.29 is 14.3 Å². The molecule has 0 aromatic heterocycles. The fourth-order valence-corrected chi connectivity index (χ4v) is 2.28. The molecule has 0 unspecified atom stereocenters. The molecule has 2 aromatic rings. The van der Waals surface area contributed by atoms with E-state index in [4.69, 9.17) is 4.74 Å². The van der Waals surface area contributed by atoms with E-state index in [-0.39, 0.29) is 6.10 Å². The van der Waals surface area contributed by atoms with Crippen molar-refractivity contribution in [2.45, 2.75) is 26.9 Å². The first kappa shape index (κ1) is 17.5. The molecule has 24 heavy (non-hydrogen) atoms. The van der Waals surface area contributed by atoms with Crippen LogP contribution in [0, 0.1) is 0 Å². The Balaban J connectivity index is 2.16. The molecule has 2 rings (SSSR count). The lowest BCUT2D eigenvalue weighted by atomic mass is 10.2. The molecular weight excluding hydrogens is 304 g/mol. The maximum absolute atomic E-state index is 12.5. The van der Waals surface area contributed by atoms with Gasteiger partial charge in [-0.3, -0.25) is 9.59 Å². The van der Waals surface area contributed by atoms with E-state index in [0.29, 0.717) is 23.7 Å². The number of carbonyl (C=O) groups excluding carboxylic acids is 2. The van der Waals surface area contributed by atoms with Gasteiger partial charge in [0.05, 0.1) is 11.8 Å². The zero-order valence-corrected chi connectivity index (χ0v) is 14.2. The first-order valence-corrected chi connectivity index (χ1v) is 7.96. The van der Waals surface area contributed by atoms with Crippen molar-refractivity contribution in [3.8, 4) is 5.75 Å². The second-order valence-electron chi connectivity index (χ2n) is 5.50. The van der Waals surface area contributed by atoms with Crippen LogP contribution in [-0.2, 0) is 9.59 Å². The van der Waals surface area contributed by atoms with Crippen molar-refractivity contribution in [3.05, 3.63) is 54.6 Å². The highest BCUT2D eigenvalue weighted by Crippen LogP contribution is 2.25. The molecule has 5 nitrogen and oxygen atoms in total. The molecule has 0 saturated carbocycles. The van der Waals surface area contributed by atoms with Gasteiger partial charge in [-0.15, -0.1) is 0 Å². The van der Waals surface area contributed by atoms with Crippen molar-refractivity contribution in [2.24, 2.45) is 0 Å². The summed E-state index contributed by atoms with van der Waals surface area (Å²) in [5, 5.41) is 2.65. The van der Waals surface area contributed by atoms with Crippen molar-refractivity contribution >= 4 is 23.2 Å². The number of carbonyl (C=O) groups is 2. The van der Waals surface area contributed by atoms with E-state index in [0.717, 1.165) is 0 Å². The van der Waals surface area contributed by atoms with Crippen molar-refractivity contribution in [1.29, 1.82) is 0 Å². The highest BCUT2D eigenvalue weighted by molar-refractivity contribution is 6.44. The summed E-state index contributed by atoms with van der Waals surface area (Å²) in [4.78, 5) is 26.3. The van der Waals surface area contributed by atoms with Crippen LogP contribution in [-0.4, -0.2) is 24.5 Å². The Morgan fingerprint density at radius 1 is 1.04 bits per heavy atom. The van der Waals surface area contributed by atoms with Crippen LogP contribution in [0.5, 0.6) is 5.75 Å². The van der Waals surface area contributed by atoms with E-state index in [1.165, 1.54) is 4.90 Å². The second kappa shape index (κ2) is 8.15. The fraction of sp³-hybridized carbons (Fsp3) is 0.263.